The average molecular weight is 376 g/mol. The van der Waals surface area contributed by atoms with Gasteiger partial charge in [-0.05, 0) is 0 Å². The van der Waals surface area contributed by atoms with E-state index in [9.17, 15) is 0 Å². The molecule has 104 valence electrons. The molecule has 0 aliphatic heterocycles. The first-order valence-corrected chi connectivity index (χ1v) is 9.10. The third kappa shape index (κ3) is 5.37. The maximum Gasteiger partial charge on any atom is -1.00 e. The number of rotatable bonds is 4. The van der Waals surface area contributed by atoms with Crippen molar-refractivity contribution in [1.82, 2.24) is 0 Å². The summed E-state index contributed by atoms with van der Waals surface area (Å²) in [5.74, 6) is 1.41. The van der Waals surface area contributed by atoms with Crippen LogP contribution in [0.4, 0.5) is 0 Å². The van der Waals surface area contributed by atoms with E-state index < -0.39 is 23.2 Å². The van der Waals surface area contributed by atoms with Crippen molar-refractivity contribution < 1.29 is 48.0 Å². The largest absolute Gasteiger partial charge is 1.00 e. The van der Waals surface area contributed by atoms with E-state index in [1.54, 1.807) is 17.7 Å². The van der Waals surface area contributed by atoms with E-state index in [1.165, 1.54) is 12.8 Å². The van der Waals surface area contributed by atoms with Gasteiger partial charge in [-0.3, -0.25) is 0 Å². The molecule has 0 saturated heterocycles. The molecule has 0 aromatic rings. The fraction of sp³-hybridized carbons (Fsp3) is 0.500. The molecule has 0 unspecified atom stereocenters. The topological polar surface area (TPSA) is 0 Å². The molecule has 0 saturated carbocycles. The maximum absolute atomic E-state index is 2.49. The van der Waals surface area contributed by atoms with Crippen LogP contribution >= 0.6 is 0 Å². The molecule has 0 radical (unpaired) electrons. The number of halogens is 2. The smallest absolute Gasteiger partial charge is 1.00 e. The molecule has 0 fully saturated rings. The van der Waals surface area contributed by atoms with Gasteiger partial charge < -0.3 is 24.8 Å². The zero-order valence-corrected chi connectivity index (χ0v) is 16.1. The van der Waals surface area contributed by atoms with Crippen LogP contribution < -0.4 is 24.8 Å². The van der Waals surface area contributed by atoms with Gasteiger partial charge in [0.1, 0.15) is 0 Å². The predicted octanol–water partition coefficient (Wildman–Crippen LogP) is -1.18. The van der Waals surface area contributed by atoms with E-state index in [1.807, 2.05) is 0 Å². The molecule has 0 aromatic heterocycles. The van der Waals surface area contributed by atoms with E-state index >= 15 is 0 Å². The monoisotopic (exact) mass is 374 g/mol. The van der Waals surface area contributed by atoms with Crippen molar-refractivity contribution in [2.45, 2.75) is 40.5 Å². The minimum absolute atomic E-state index is 0. The van der Waals surface area contributed by atoms with Gasteiger partial charge in [0.25, 0.3) is 0 Å². The Morgan fingerprint density at radius 2 is 1.16 bits per heavy atom. The Balaban J connectivity index is 0.00000162. The fourth-order valence-electron chi connectivity index (χ4n) is 2.28. The summed E-state index contributed by atoms with van der Waals surface area (Å²) in [5.41, 5.74) is 3.13. The first kappa shape index (κ1) is 19.4. The van der Waals surface area contributed by atoms with Crippen LogP contribution in [-0.4, -0.2) is 0 Å². The molecule has 0 amide bonds. The van der Waals surface area contributed by atoms with Gasteiger partial charge >= 0.3 is 118 Å². The molecule has 0 bridgehead atoms. The Hall–Kier alpha value is 0.423. The summed E-state index contributed by atoms with van der Waals surface area (Å²) >= 11 is -0.442. The molecule has 2 aliphatic rings. The van der Waals surface area contributed by atoms with Crippen LogP contribution in [-0.2, 0) is 23.2 Å². The molecule has 0 atom stereocenters. The zero-order valence-electron chi connectivity index (χ0n) is 12.1. The van der Waals surface area contributed by atoms with Gasteiger partial charge in [-0.1, -0.05) is 0 Å². The molecule has 0 aromatic carbocycles. The molecule has 0 nitrogen and oxygen atoms in total. The molecule has 19 heavy (non-hydrogen) atoms. The Labute approximate surface area is 141 Å². The summed E-state index contributed by atoms with van der Waals surface area (Å²) in [5, 5.41) is 0. The van der Waals surface area contributed by atoms with Gasteiger partial charge in [0, 0.05) is 0 Å². The fourth-order valence-corrected chi connectivity index (χ4v) is 5.47. The Bertz CT molecular complexity index is 386. The summed E-state index contributed by atoms with van der Waals surface area (Å²) in [6.07, 6.45) is 12.3. The Morgan fingerprint density at radius 1 is 0.789 bits per heavy atom. The van der Waals surface area contributed by atoms with E-state index in [0.29, 0.717) is 11.8 Å². The van der Waals surface area contributed by atoms with Gasteiger partial charge in [0.2, 0.25) is 0 Å². The summed E-state index contributed by atoms with van der Waals surface area (Å²) in [6.45, 7) is 9.18. The van der Waals surface area contributed by atoms with Crippen molar-refractivity contribution in [1.29, 1.82) is 0 Å². The third-order valence-corrected chi connectivity index (χ3v) is 6.74. The van der Waals surface area contributed by atoms with Crippen LogP contribution in [0.15, 0.2) is 42.0 Å². The Kier molecular flexibility index (Phi) is 8.85. The predicted molar refractivity (Wildman–Crippen MR) is 71.2 cm³/mol. The van der Waals surface area contributed by atoms with Gasteiger partial charge in [0.15, 0.2) is 0 Å². The quantitative estimate of drug-likeness (QED) is 0.579. The summed E-state index contributed by atoms with van der Waals surface area (Å²) < 4.78 is 3.53. The number of hydrogen-bond acceptors (Lipinski definition) is 0. The van der Waals surface area contributed by atoms with Gasteiger partial charge in [0.05, 0.1) is 0 Å². The van der Waals surface area contributed by atoms with Crippen molar-refractivity contribution >= 4 is 0 Å². The third-order valence-electron chi connectivity index (χ3n) is 3.45. The van der Waals surface area contributed by atoms with E-state index in [2.05, 4.69) is 52.0 Å². The molecule has 2 rings (SSSR count). The van der Waals surface area contributed by atoms with Crippen LogP contribution in [0.5, 0.6) is 0 Å². The number of hydrogen-bond donors (Lipinski definition) is 0. The van der Waals surface area contributed by atoms with Gasteiger partial charge in [-0.2, -0.15) is 0 Å². The SMILES string of the molecule is CC(C)C1=CC[C]([Zr+2][C]2=CC(C(C)C)=CC2)=C1.[Cl-].[Cl-]. The van der Waals surface area contributed by atoms with Crippen LogP contribution in [0.3, 0.4) is 0 Å². The van der Waals surface area contributed by atoms with Crippen molar-refractivity contribution in [3.8, 4) is 0 Å². The van der Waals surface area contributed by atoms with Gasteiger partial charge in [-0.15, -0.1) is 0 Å². The first-order chi connectivity index (χ1) is 8.06. The summed E-state index contributed by atoms with van der Waals surface area (Å²) in [7, 11) is 0. The molecule has 0 N–H and O–H groups in total. The van der Waals surface area contributed by atoms with E-state index in [4.69, 9.17) is 0 Å². The second-order valence-corrected chi connectivity index (χ2v) is 9.36. The number of allylic oxidation sites excluding steroid dienone is 8. The van der Waals surface area contributed by atoms with Crippen molar-refractivity contribution in [2.75, 3.05) is 0 Å². The normalized spacial score (nSPS) is 17.2. The Morgan fingerprint density at radius 3 is 1.42 bits per heavy atom. The summed E-state index contributed by atoms with van der Waals surface area (Å²) in [6, 6.07) is 0. The standard InChI is InChI=1S/2C8H11.2ClH.Zr/c2*1-7(2)8-5-3-4-6-8;;;/h2*5-7H,3H2,1-2H3;2*1H;/q;;;;+2/p-2. The van der Waals surface area contributed by atoms with E-state index in [0.717, 1.165) is 0 Å². The molecular formula is C16H22Cl2Zr. The van der Waals surface area contributed by atoms with Crippen LogP contribution in [0.25, 0.3) is 0 Å². The van der Waals surface area contributed by atoms with Crippen molar-refractivity contribution in [3.63, 3.8) is 0 Å². The molecular weight excluding hydrogens is 354 g/mol. The van der Waals surface area contributed by atoms with Crippen molar-refractivity contribution in [3.05, 3.63) is 42.0 Å². The second kappa shape index (κ2) is 8.65. The maximum atomic E-state index is 2.49. The average Bonchev–Trinajstić information content (AvgIpc) is 2.87. The van der Waals surface area contributed by atoms with Crippen molar-refractivity contribution in [2.24, 2.45) is 11.8 Å². The van der Waals surface area contributed by atoms with Gasteiger partial charge in [-0.25, -0.2) is 0 Å². The molecule has 2 aliphatic carbocycles. The van der Waals surface area contributed by atoms with Crippen LogP contribution in [0.1, 0.15) is 40.5 Å². The first-order valence-electron chi connectivity index (χ1n) is 6.64. The van der Waals surface area contributed by atoms with E-state index in [-0.39, 0.29) is 24.8 Å². The zero-order chi connectivity index (χ0) is 12.4. The molecule has 0 spiro atoms. The van der Waals surface area contributed by atoms with Crippen LogP contribution in [0.2, 0.25) is 0 Å². The minimum Gasteiger partial charge on any atom is -1.00 e. The minimum atomic E-state index is -0.442. The van der Waals surface area contributed by atoms with Crippen LogP contribution in [0, 0.1) is 11.8 Å². The summed E-state index contributed by atoms with van der Waals surface area (Å²) in [4.78, 5) is 0. The second-order valence-electron chi connectivity index (χ2n) is 5.59. The molecule has 0 heterocycles. The molecule has 3 heteroatoms.